The second-order valence-electron chi connectivity index (χ2n) is 2.36. The first-order chi connectivity index (χ1) is 5.54. The average molecular weight is 191 g/mol. The molecule has 0 saturated heterocycles. The molecule has 0 aromatic rings. The largest absolute Gasteiger partial charge is 0.478 e. The summed E-state index contributed by atoms with van der Waals surface area (Å²) in [7, 11) is -0.831. The summed E-state index contributed by atoms with van der Waals surface area (Å²) < 4.78 is 10.6. The molecule has 70 valence electrons. The number of carbonyl (C=O) groups is 1. The van der Waals surface area contributed by atoms with Crippen molar-refractivity contribution in [3.63, 3.8) is 0 Å². The number of rotatable bonds is 6. The Morgan fingerprint density at radius 2 is 2.25 bits per heavy atom. The molecular formula is C7H13NO3S. The molecule has 0 aromatic carbocycles. The van der Waals surface area contributed by atoms with Gasteiger partial charge >= 0.3 is 5.97 Å². The van der Waals surface area contributed by atoms with E-state index in [2.05, 4.69) is 11.9 Å². The smallest absolute Gasteiger partial charge is 0.332 e. The highest BCUT2D eigenvalue weighted by Gasteiger charge is 2.01. The van der Waals surface area contributed by atoms with E-state index in [4.69, 9.17) is 5.11 Å². The zero-order valence-corrected chi connectivity index (χ0v) is 7.82. The molecule has 0 amide bonds. The fourth-order valence-electron chi connectivity index (χ4n) is 0.531. The van der Waals surface area contributed by atoms with E-state index in [1.807, 2.05) is 0 Å². The molecule has 1 atom stereocenters. The van der Waals surface area contributed by atoms with Gasteiger partial charge in [0.25, 0.3) is 0 Å². The van der Waals surface area contributed by atoms with Crippen molar-refractivity contribution in [3.05, 3.63) is 12.2 Å². The van der Waals surface area contributed by atoms with Crippen molar-refractivity contribution in [2.45, 2.75) is 0 Å². The van der Waals surface area contributed by atoms with Gasteiger partial charge in [0, 0.05) is 41.5 Å². The molecule has 0 aliphatic carbocycles. The number of carboxylic acids is 1. The molecule has 0 fully saturated rings. The molecule has 0 bridgehead atoms. The van der Waals surface area contributed by atoms with E-state index in [-0.39, 0.29) is 12.1 Å². The third kappa shape index (κ3) is 6.06. The topological polar surface area (TPSA) is 66.4 Å². The maximum absolute atomic E-state index is 10.6. The molecule has 5 heteroatoms. The normalized spacial score (nSPS) is 12.4. The highest BCUT2D eigenvalue weighted by molar-refractivity contribution is 7.84. The van der Waals surface area contributed by atoms with E-state index in [1.165, 1.54) is 0 Å². The van der Waals surface area contributed by atoms with Gasteiger partial charge in [0.05, 0.1) is 0 Å². The molecule has 2 N–H and O–H groups in total. The van der Waals surface area contributed by atoms with E-state index in [0.29, 0.717) is 12.3 Å². The Morgan fingerprint density at radius 1 is 1.67 bits per heavy atom. The Bertz CT molecular complexity index is 203. The Balaban J connectivity index is 3.38. The predicted octanol–water partition coefficient (Wildman–Crippen LogP) is -0.405. The third-order valence-corrected chi connectivity index (χ3v) is 1.99. The highest BCUT2D eigenvalue weighted by atomic mass is 32.2. The van der Waals surface area contributed by atoms with Gasteiger partial charge in [-0.15, -0.1) is 0 Å². The van der Waals surface area contributed by atoms with Crippen molar-refractivity contribution in [2.75, 3.05) is 25.1 Å². The van der Waals surface area contributed by atoms with Crippen LogP contribution in [0, 0.1) is 0 Å². The van der Waals surface area contributed by atoms with E-state index >= 15 is 0 Å². The second kappa shape index (κ2) is 5.91. The molecule has 1 unspecified atom stereocenters. The van der Waals surface area contributed by atoms with Crippen LogP contribution in [-0.4, -0.2) is 40.4 Å². The molecule has 0 spiro atoms. The van der Waals surface area contributed by atoms with Gasteiger partial charge in [-0.05, 0) is 0 Å². The Labute approximate surface area is 74.1 Å². The van der Waals surface area contributed by atoms with Crippen LogP contribution in [0.4, 0.5) is 0 Å². The number of carboxylic acid groups (broad SMARTS) is 1. The van der Waals surface area contributed by atoms with Gasteiger partial charge in [0.2, 0.25) is 0 Å². The van der Waals surface area contributed by atoms with E-state index < -0.39 is 16.8 Å². The SMILES string of the molecule is C=C(CNCCS(C)=O)C(=O)O. The van der Waals surface area contributed by atoms with E-state index in [1.54, 1.807) is 6.26 Å². The Morgan fingerprint density at radius 3 is 2.67 bits per heavy atom. The van der Waals surface area contributed by atoms with Crippen molar-refractivity contribution >= 4 is 16.8 Å². The zero-order chi connectivity index (χ0) is 9.56. The van der Waals surface area contributed by atoms with Gasteiger partial charge in [-0.1, -0.05) is 6.58 Å². The molecule has 0 aliphatic heterocycles. The molecule has 4 nitrogen and oxygen atoms in total. The number of aliphatic carboxylic acids is 1. The quantitative estimate of drug-likeness (QED) is 0.442. The highest BCUT2D eigenvalue weighted by Crippen LogP contribution is 1.85. The van der Waals surface area contributed by atoms with Gasteiger partial charge in [-0.25, -0.2) is 4.79 Å². The van der Waals surface area contributed by atoms with Gasteiger partial charge in [0.1, 0.15) is 0 Å². The number of hydrogen-bond donors (Lipinski definition) is 2. The van der Waals surface area contributed by atoms with E-state index in [0.717, 1.165) is 0 Å². The monoisotopic (exact) mass is 191 g/mol. The summed E-state index contributed by atoms with van der Waals surface area (Å²) >= 11 is 0. The maximum Gasteiger partial charge on any atom is 0.332 e. The van der Waals surface area contributed by atoms with Gasteiger partial charge in [-0.2, -0.15) is 0 Å². The molecule has 0 aromatic heterocycles. The fraction of sp³-hybridized carbons (Fsp3) is 0.571. The first kappa shape index (κ1) is 11.3. The molecule has 0 radical (unpaired) electrons. The van der Waals surface area contributed by atoms with Gasteiger partial charge in [-0.3, -0.25) is 4.21 Å². The van der Waals surface area contributed by atoms with Crippen LogP contribution in [-0.2, 0) is 15.6 Å². The van der Waals surface area contributed by atoms with Crippen LogP contribution in [0.25, 0.3) is 0 Å². The molecule has 0 saturated carbocycles. The summed E-state index contributed by atoms with van der Waals surface area (Å²) in [6.07, 6.45) is 1.60. The van der Waals surface area contributed by atoms with Crippen LogP contribution in [0.15, 0.2) is 12.2 Å². The predicted molar refractivity (Wildman–Crippen MR) is 48.6 cm³/mol. The summed E-state index contributed by atoms with van der Waals surface area (Å²) in [5.41, 5.74) is 0.122. The first-order valence-electron chi connectivity index (χ1n) is 3.46. The number of nitrogens with one attached hydrogen (secondary N) is 1. The van der Waals surface area contributed by atoms with Crippen molar-refractivity contribution in [1.82, 2.24) is 5.32 Å². The van der Waals surface area contributed by atoms with Crippen LogP contribution >= 0.6 is 0 Å². The third-order valence-electron chi connectivity index (χ3n) is 1.21. The lowest BCUT2D eigenvalue weighted by Gasteiger charge is -2.01. The van der Waals surface area contributed by atoms with Gasteiger partial charge < -0.3 is 10.4 Å². The molecule has 12 heavy (non-hydrogen) atoms. The van der Waals surface area contributed by atoms with Crippen molar-refractivity contribution < 1.29 is 14.1 Å². The Hall–Kier alpha value is -0.680. The van der Waals surface area contributed by atoms with E-state index in [9.17, 15) is 9.00 Å². The van der Waals surface area contributed by atoms with Crippen LogP contribution in [0.2, 0.25) is 0 Å². The zero-order valence-electron chi connectivity index (χ0n) is 7.00. The van der Waals surface area contributed by atoms with Crippen molar-refractivity contribution in [2.24, 2.45) is 0 Å². The van der Waals surface area contributed by atoms with Crippen molar-refractivity contribution in [1.29, 1.82) is 0 Å². The van der Waals surface area contributed by atoms with Crippen molar-refractivity contribution in [3.8, 4) is 0 Å². The standard InChI is InChI=1S/C7H13NO3S/c1-6(7(9)10)5-8-3-4-12(2)11/h8H,1,3-5H2,2H3,(H,9,10). The van der Waals surface area contributed by atoms with Crippen LogP contribution in [0.3, 0.4) is 0 Å². The summed E-state index contributed by atoms with van der Waals surface area (Å²) in [4.78, 5) is 10.2. The average Bonchev–Trinajstić information content (AvgIpc) is 1.97. The van der Waals surface area contributed by atoms with Gasteiger partial charge in [0.15, 0.2) is 0 Å². The molecule has 0 heterocycles. The lowest BCUT2D eigenvalue weighted by Crippen LogP contribution is -2.24. The van der Waals surface area contributed by atoms with Crippen LogP contribution in [0.1, 0.15) is 0 Å². The minimum Gasteiger partial charge on any atom is -0.478 e. The maximum atomic E-state index is 10.6. The molecular weight excluding hydrogens is 178 g/mol. The number of hydrogen-bond acceptors (Lipinski definition) is 3. The summed E-state index contributed by atoms with van der Waals surface area (Å²) in [5, 5.41) is 11.2. The van der Waals surface area contributed by atoms with Crippen LogP contribution in [0.5, 0.6) is 0 Å². The first-order valence-corrected chi connectivity index (χ1v) is 5.18. The second-order valence-corrected chi connectivity index (χ2v) is 3.92. The Kier molecular flexibility index (Phi) is 5.57. The minimum atomic E-state index is -1.000. The molecule has 0 rings (SSSR count). The summed E-state index contributed by atoms with van der Waals surface area (Å²) in [5.74, 6) is -0.465. The lowest BCUT2D eigenvalue weighted by molar-refractivity contribution is -0.132. The fourth-order valence-corrected chi connectivity index (χ4v) is 0.963. The lowest BCUT2D eigenvalue weighted by atomic mass is 10.3. The van der Waals surface area contributed by atoms with Crippen LogP contribution < -0.4 is 5.32 Å². The summed E-state index contributed by atoms with van der Waals surface area (Å²) in [6, 6.07) is 0. The minimum absolute atomic E-state index is 0.122. The summed E-state index contributed by atoms with van der Waals surface area (Å²) in [6.45, 7) is 4.13. The molecule has 0 aliphatic rings.